The maximum absolute atomic E-state index is 11.7. The highest BCUT2D eigenvalue weighted by atomic mass is 32.1. The normalized spacial score (nSPS) is 10.8. The van der Waals surface area contributed by atoms with Crippen molar-refractivity contribution in [2.45, 2.75) is 26.7 Å². The molecule has 0 spiro atoms. The number of aryl methyl sites for hydroxylation is 1. The molecule has 0 aliphatic carbocycles. The number of thiazole rings is 1. The van der Waals surface area contributed by atoms with Crippen molar-refractivity contribution in [2.24, 2.45) is 0 Å². The SMILES string of the molecule is CCCC(=O)c1ccc2nc(C)sc2c1. The van der Waals surface area contributed by atoms with E-state index in [2.05, 4.69) is 4.98 Å². The first kappa shape index (κ1) is 10.3. The summed E-state index contributed by atoms with van der Waals surface area (Å²) >= 11 is 1.64. The zero-order chi connectivity index (χ0) is 10.8. The zero-order valence-electron chi connectivity index (χ0n) is 8.91. The van der Waals surface area contributed by atoms with Gasteiger partial charge in [0.1, 0.15) is 0 Å². The Kier molecular flexibility index (Phi) is 2.82. The molecule has 0 saturated heterocycles. The van der Waals surface area contributed by atoms with Crippen LogP contribution in [0.5, 0.6) is 0 Å². The largest absolute Gasteiger partial charge is 0.294 e. The molecule has 3 heteroatoms. The molecule has 0 bridgehead atoms. The van der Waals surface area contributed by atoms with E-state index in [9.17, 15) is 4.79 Å². The van der Waals surface area contributed by atoms with Gasteiger partial charge >= 0.3 is 0 Å². The van der Waals surface area contributed by atoms with E-state index in [0.29, 0.717) is 6.42 Å². The van der Waals surface area contributed by atoms with E-state index in [1.54, 1.807) is 11.3 Å². The molecule has 0 saturated carbocycles. The number of rotatable bonds is 3. The summed E-state index contributed by atoms with van der Waals surface area (Å²) in [6, 6.07) is 5.76. The summed E-state index contributed by atoms with van der Waals surface area (Å²) in [5.41, 5.74) is 1.80. The minimum Gasteiger partial charge on any atom is -0.294 e. The Morgan fingerprint density at radius 2 is 2.27 bits per heavy atom. The van der Waals surface area contributed by atoms with Crippen molar-refractivity contribution in [2.75, 3.05) is 0 Å². The third-order valence-corrected chi connectivity index (χ3v) is 3.23. The highest BCUT2D eigenvalue weighted by Gasteiger charge is 2.07. The predicted molar refractivity (Wildman–Crippen MR) is 63.6 cm³/mol. The number of nitrogens with zero attached hydrogens (tertiary/aromatic N) is 1. The quantitative estimate of drug-likeness (QED) is 0.738. The van der Waals surface area contributed by atoms with Gasteiger partial charge in [-0.3, -0.25) is 4.79 Å². The van der Waals surface area contributed by atoms with E-state index in [1.807, 2.05) is 32.0 Å². The first-order valence-electron chi connectivity index (χ1n) is 5.11. The van der Waals surface area contributed by atoms with Crippen LogP contribution in [0.25, 0.3) is 10.2 Å². The molecular formula is C12H13NOS. The lowest BCUT2D eigenvalue weighted by atomic mass is 10.1. The number of aromatic nitrogens is 1. The predicted octanol–water partition coefficient (Wildman–Crippen LogP) is 3.59. The Labute approximate surface area is 93.0 Å². The number of benzene rings is 1. The molecule has 0 aliphatic heterocycles. The Bertz CT molecular complexity index is 501. The van der Waals surface area contributed by atoms with Crippen LogP contribution in [0.4, 0.5) is 0 Å². The van der Waals surface area contributed by atoms with Gasteiger partial charge in [-0.15, -0.1) is 11.3 Å². The molecule has 1 aromatic heterocycles. The second-order valence-electron chi connectivity index (χ2n) is 3.59. The first-order valence-corrected chi connectivity index (χ1v) is 5.92. The van der Waals surface area contributed by atoms with Crippen molar-refractivity contribution >= 4 is 27.3 Å². The summed E-state index contributed by atoms with van der Waals surface area (Å²) < 4.78 is 1.11. The molecule has 0 amide bonds. The molecule has 2 nitrogen and oxygen atoms in total. The molecule has 0 fully saturated rings. The van der Waals surface area contributed by atoms with Gasteiger partial charge in [-0.2, -0.15) is 0 Å². The maximum atomic E-state index is 11.7. The van der Waals surface area contributed by atoms with Crippen LogP contribution >= 0.6 is 11.3 Å². The lowest BCUT2D eigenvalue weighted by Gasteiger charge is -1.98. The van der Waals surface area contributed by atoms with Crippen LogP contribution < -0.4 is 0 Å². The van der Waals surface area contributed by atoms with E-state index in [4.69, 9.17) is 0 Å². The Hall–Kier alpha value is -1.22. The monoisotopic (exact) mass is 219 g/mol. The van der Waals surface area contributed by atoms with E-state index in [1.165, 1.54) is 0 Å². The smallest absolute Gasteiger partial charge is 0.162 e. The van der Waals surface area contributed by atoms with Crippen LogP contribution in [0.3, 0.4) is 0 Å². The highest BCUT2D eigenvalue weighted by Crippen LogP contribution is 2.23. The molecule has 0 aliphatic rings. The fraction of sp³-hybridized carbons (Fsp3) is 0.333. The second-order valence-corrected chi connectivity index (χ2v) is 4.82. The number of Topliss-reactive ketones (excluding diaryl/α,β-unsaturated/α-hetero) is 1. The molecule has 1 aromatic carbocycles. The number of carbonyl (C=O) groups excluding carboxylic acids is 1. The third kappa shape index (κ3) is 2.07. The number of fused-ring (bicyclic) bond motifs is 1. The first-order chi connectivity index (χ1) is 7.20. The minimum absolute atomic E-state index is 0.227. The van der Waals surface area contributed by atoms with Gasteiger partial charge in [0.05, 0.1) is 15.2 Å². The van der Waals surface area contributed by atoms with E-state index in [-0.39, 0.29) is 5.78 Å². The molecular weight excluding hydrogens is 206 g/mol. The molecule has 2 rings (SSSR count). The topological polar surface area (TPSA) is 30.0 Å². The molecule has 0 radical (unpaired) electrons. The molecule has 78 valence electrons. The average molecular weight is 219 g/mol. The van der Waals surface area contributed by atoms with Gasteiger partial charge in [-0.25, -0.2) is 4.98 Å². The zero-order valence-corrected chi connectivity index (χ0v) is 9.73. The van der Waals surface area contributed by atoms with Gasteiger partial charge in [0.25, 0.3) is 0 Å². The number of carbonyl (C=O) groups is 1. The minimum atomic E-state index is 0.227. The summed E-state index contributed by atoms with van der Waals surface area (Å²) in [7, 11) is 0. The third-order valence-electron chi connectivity index (χ3n) is 2.29. The van der Waals surface area contributed by atoms with Crippen molar-refractivity contribution in [1.82, 2.24) is 4.98 Å². The fourth-order valence-corrected chi connectivity index (χ4v) is 2.45. The van der Waals surface area contributed by atoms with Crippen LogP contribution in [-0.2, 0) is 0 Å². The summed E-state index contributed by atoms with van der Waals surface area (Å²) in [6.07, 6.45) is 1.53. The Balaban J connectivity index is 2.41. The van der Waals surface area contributed by atoms with Crippen molar-refractivity contribution < 1.29 is 4.79 Å². The van der Waals surface area contributed by atoms with Gasteiger partial charge in [0, 0.05) is 12.0 Å². The van der Waals surface area contributed by atoms with Crippen LogP contribution in [-0.4, -0.2) is 10.8 Å². The van der Waals surface area contributed by atoms with Gasteiger partial charge < -0.3 is 0 Å². The van der Waals surface area contributed by atoms with Crippen LogP contribution in [0.1, 0.15) is 35.1 Å². The van der Waals surface area contributed by atoms with E-state index < -0.39 is 0 Å². The number of hydrogen-bond acceptors (Lipinski definition) is 3. The molecule has 2 aromatic rings. The van der Waals surface area contributed by atoms with E-state index >= 15 is 0 Å². The van der Waals surface area contributed by atoms with Crippen molar-refractivity contribution in [3.63, 3.8) is 0 Å². The lowest BCUT2D eigenvalue weighted by molar-refractivity contribution is 0.0982. The molecule has 1 heterocycles. The summed E-state index contributed by atoms with van der Waals surface area (Å²) in [5.74, 6) is 0.227. The van der Waals surface area contributed by atoms with Crippen molar-refractivity contribution in [1.29, 1.82) is 0 Å². The van der Waals surface area contributed by atoms with Crippen LogP contribution in [0.2, 0.25) is 0 Å². The number of ketones is 1. The van der Waals surface area contributed by atoms with Gasteiger partial charge in [0.15, 0.2) is 5.78 Å². The standard InChI is InChI=1S/C12H13NOS/c1-3-4-11(14)9-5-6-10-12(7-9)15-8(2)13-10/h5-7H,3-4H2,1-2H3. The maximum Gasteiger partial charge on any atom is 0.162 e. The molecule has 0 N–H and O–H groups in total. The summed E-state index contributed by atoms with van der Waals surface area (Å²) in [6.45, 7) is 4.01. The van der Waals surface area contributed by atoms with Gasteiger partial charge in [0.2, 0.25) is 0 Å². The lowest BCUT2D eigenvalue weighted by Crippen LogP contribution is -1.96. The van der Waals surface area contributed by atoms with Crippen molar-refractivity contribution in [3.05, 3.63) is 28.8 Å². The molecule has 0 unspecified atom stereocenters. The highest BCUT2D eigenvalue weighted by molar-refractivity contribution is 7.18. The van der Waals surface area contributed by atoms with Crippen molar-refractivity contribution in [3.8, 4) is 0 Å². The average Bonchev–Trinajstić information content (AvgIpc) is 2.57. The van der Waals surface area contributed by atoms with Gasteiger partial charge in [-0.05, 0) is 31.5 Å². The molecule has 15 heavy (non-hydrogen) atoms. The summed E-state index contributed by atoms with van der Waals surface area (Å²) in [4.78, 5) is 16.0. The Morgan fingerprint density at radius 3 is 3.00 bits per heavy atom. The number of hydrogen-bond donors (Lipinski definition) is 0. The summed E-state index contributed by atoms with van der Waals surface area (Å²) in [5, 5.41) is 1.05. The molecule has 0 atom stereocenters. The van der Waals surface area contributed by atoms with Crippen LogP contribution in [0, 0.1) is 6.92 Å². The fourth-order valence-electron chi connectivity index (χ4n) is 1.58. The van der Waals surface area contributed by atoms with Crippen LogP contribution in [0.15, 0.2) is 18.2 Å². The second kappa shape index (κ2) is 4.11. The van der Waals surface area contributed by atoms with E-state index in [0.717, 1.165) is 27.2 Å². The van der Waals surface area contributed by atoms with Gasteiger partial charge in [-0.1, -0.05) is 6.92 Å². The Morgan fingerprint density at radius 1 is 1.47 bits per heavy atom.